The van der Waals surface area contributed by atoms with Crippen molar-refractivity contribution in [3.8, 4) is 23.0 Å². The number of rotatable bonds is 13. The summed E-state index contributed by atoms with van der Waals surface area (Å²) in [5, 5.41) is 3.17. The predicted molar refractivity (Wildman–Crippen MR) is 161 cm³/mol. The molecule has 2 amide bonds. The maximum absolute atomic E-state index is 13.2. The number of hydrogen-bond acceptors (Lipinski definition) is 9. The lowest BCUT2D eigenvalue weighted by Crippen LogP contribution is -2.39. The monoisotopic (exact) mass is 627 g/mol. The number of oxazole rings is 1. The minimum Gasteiger partial charge on any atom is -0.489 e. The van der Waals surface area contributed by atoms with Gasteiger partial charge < -0.3 is 34.6 Å². The zero-order chi connectivity index (χ0) is 32.1. The van der Waals surface area contributed by atoms with Gasteiger partial charge in [-0.15, -0.1) is 0 Å². The van der Waals surface area contributed by atoms with Gasteiger partial charge in [-0.1, -0.05) is 13.0 Å². The average molecular weight is 628 g/mol. The van der Waals surface area contributed by atoms with E-state index in [0.717, 1.165) is 38.5 Å². The summed E-state index contributed by atoms with van der Waals surface area (Å²) < 4.78 is 47.7. The Balaban J connectivity index is 1.35. The van der Waals surface area contributed by atoms with Crippen LogP contribution in [0.1, 0.15) is 80.4 Å². The lowest BCUT2D eigenvalue weighted by atomic mass is 9.86. The first-order chi connectivity index (χ1) is 21.6. The van der Waals surface area contributed by atoms with Crippen molar-refractivity contribution in [3.05, 3.63) is 53.5 Å². The first-order valence-corrected chi connectivity index (χ1v) is 15.2. The Morgan fingerprint density at radius 1 is 1.09 bits per heavy atom. The normalized spacial score (nSPS) is 18.7. The average Bonchev–Trinajstić information content (AvgIpc) is 3.75. The molecule has 2 saturated carbocycles. The molecule has 1 atom stereocenters. The van der Waals surface area contributed by atoms with Crippen LogP contribution in [0.25, 0.3) is 11.5 Å². The minimum absolute atomic E-state index is 0.0994. The molecule has 2 aliphatic carbocycles. The largest absolute Gasteiger partial charge is 0.489 e. The molecule has 3 aromatic rings. The number of anilines is 1. The summed E-state index contributed by atoms with van der Waals surface area (Å²) in [5.74, 6) is 1.75. The zero-order valence-electron chi connectivity index (χ0n) is 25.6. The van der Waals surface area contributed by atoms with E-state index in [4.69, 9.17) is 19.6 Å². The van der Waals surface area contributed by atoms with Gasteiger partial charge in [0.25, 0.3) is 5.91 Å². The van der Waals surface area contributed by atoms with Gasteiger partial charge in [-0.25, -0.2) is 14.8 Å². The quantitative estimate of drug-likeness (QED) is 0.216. The van der Waals surface area contributed by atoms with Gasteiger partial charge in [-0.2, -0.15) is 8.78 Å². The molecule has 2 heterocycles. The molecule has 0 radical (unpaired) electrons. The first-order valence-electron chi connectivity index (χ1n) is 15.2. The molecule has 11 nitrogen and oxygen atoms in total. The number of nitrogens with one attached hydrogen (secondary N) is 1. The van der Waals surface area contributed by atoms with Crippen LogP contribution < -0.4 is 20.5 Å². The molecule has 45 heavy (non-hydrogen) atoms. The van der Waals surface area contributed by atoms with E-state index in [1.54, 1.807) is 30.0 Å². The molecule has 242 valence electrons. The number of carbonyl (C=O) groups is 2. The van der Waals surface area contributed by atoms with Crippen molar-refractivity contribution in [2.24, 2.45) is 17.6 Å². The van der Waals surface area contributed by atoms with Crippen molar-refractivity contribution in [2.75, 3.05) is 19.0 Å². The predicted octanol–water partition coefficient (Wildman–Crippen LogP) is 6.55. The molecule has 3 N–H and O–H groups in total. The topological polar surface area (TPSA) is 142 Å². The fourth-order valence-electron chi connectivity index (χ4n) is 5.40. The molecule has 0 spiro atoms. The van der Waals surface area contributed by atoms with Gasteiger partial charge in [-0.05, 0) is 87.6 Å². The van der Waals surface area contributed by atoms with Crippen LogP contribution in [0.2, 0.25) is 0 Å². The minimum atomic E-state index is -3.02. The number of amides is 2. The third-order valence-electron chi connectivity index (χ3n) is 8.23. The lowest BCUT2D eigenvalue weighted by molar-refractivity contribution is -0.0515. The van der Waals surface area contributed by atoms with Crippen LogP contribution in [0.15, 0.2) is 40.8 Å². The number of halogens is 2. The van der Waals surface area contributed by atoms with Gasteiger partial charge in [0.2, 0.25) is 5.89 Å². The molecule has 0 aliphatic heterocycles. The number of primary amides is 1. The number of pyridine rings is 1. The smallest absolute Gasteiger partial charge is 0.405 e. The van der Waals surface area contributed by atoms with Crippen molar-refractivity contribution < 1.29 is 37.0 Å². The summed E-state index contributed by atoms with van der Waals surface area (Å²) >= 11 is 0. The van der Waals surface area contributed by atoms with Crippen LogP contribution in [0, 0.1) is 11.8 Å². The molecule has 2 aromatic heterocycles. The highest BCUT2D eigenvalue weighted by molar-refractivity contribution is 5.92. The number of ether oxygens (including phenoxy) is 3. The van der Waals surface area contributed by atoms with E-state index in [-0.39, 0.29) is 41.6 Å². The number of benzene rings is 1. The molecule has 5 rings (SSSR count). The Bertz CT molecular complexity index is 1490. The third-order valence-corrected chi connectivity index (χ3v) is 8.23. The standard InChI is InChI=1S/C32H39F2N5O6/c1-18-7-12-22(13-8-18)39(3)30(40)23-5-4-6-27(37-23)36-16-24-28(19(2)43-32(35)41)45-29(38-24)21-11-14-25(44-31(33)34)26(15-21)42-17-20-9-10-20/h4-6,11,14-15,18-20,22,31H,7-10,12-13,16-17H2,1-3H3,(H2,35,41)(H,36,37). The second-order valence-electron chi connectivity index (χ2n) is 11.8. The zero-order valence-corrected chi connectivity index (χ0v) is 25.6. The SMILES string of the molecule is CC1CCC(N(C)C(=O)c2cccc(NCc3nc(-c4ccc(OC(F)F)c(OCC5CC5)c4)oc3C(C)OC(N)=O)n2)CC1. The Morgan fingerprint density at radius 2 is 1.84 bits per heavy atom. The Kier molecular flexibility index (Phi) is 10.0. The van der Waals surface area contributed by atoms with Crippen LogP contribution >= 0.6 is 0 Å². The fraction of sp³-hybridized carbons (Fsp3) is 0.500. The van der Waals surface area contributed by atoms with Gasteiger partial charge in [0.05, 0.1) is 13.2 Å². The molecular formula is C32H39F2N5O6. The maximum Gasteiger partial charge on any atom is 0.405 e. The highest BCUT2D eigenvalue weighted by Crippen LogP contribution is 2.37. The second kappa shape index (κ2) is 14.1. The van der Waals surface area contributed by atoms with E-state index < -0.39 is 18.8 Å². The van der Waals surface area contributed by atoms with Gasteiger partial charge in [0.15, 0.2) is 23.4 Å². The fourth-order valence-corrected chi connectivity index (χ4v) is 5.40. The highest BCUT2D eigenvalue weighted by Gasteiger charge is 2.28. The van der Waals surface area contributed by atoms with Crippen LogP contribution in [-0.4, -0.2) is 53.2 Å². The molecule has 0 saturated heterocycles. The van der Waals surface area contributed by atoms with E-state index in [1.165, 1.54) is 18.2 Å². The van der Waals surface area contributed by atoms with Crippen molar-refractivity contribution >= 4 is 17.8 Å². The summed E-state index contributed by atoms with van der Waals surface area (Å²) in [6.07, 6.45) is 4.29. The number of nitrogens with two attached hydrogens (primary N) is 1. The Labute approximate surface area is 260 Å². The van der Waals surface area contributed by atoms with Gasteiger partial charge in [0, 0.05) is 18.7 Å². The molecule has 13 heteroatoms. The van der Waals surface area contributed by atoms with Crippen LogP contribution in [0.5, 0.6) is 11.5 Å². The summed E-state index contributed by atoms with van der Waals surface area (Å²) in [4.78, 5) is 35.7. The van der Waals surface area contributed by atoms with E-state index in [9.17, 15) is 18.4 Å². The Hall–Kier alpha value is -4.42. The molecule has 1 aromatic carbocycles. The van der Waals surface area contributed by atoms with Crippen molar-refractivity contribution in [3.63, 3.8) is 0 Å². The summed E-state index contributed by atoms with van der Waals surface area (Å²) in [6, 6.07) is 9.76. The molecule has 2 aliphatic rings. The van der Waals surface area contributed by atoms with Gasteiger partial charge >= 0.3 is 12.7 Å². The second-order valence-corrected chi connectivity index (χ2v) is 11.8. The lowest BCUT2D eigenvalue weighted by Gasteiger charge is -2.33. The molecule has 1 unspecified atom stereocenters. The van der Waals surface area contributed by atoms with E-state index in [2.05, 4.69) is 26.9 Å². The van der Waals surface area contributed by atoms with Crippen LogP contribution in [0.3, 0.4) is 0 Å². The van der Waals surface area contributed by atoms with E-state index in [0.29, 0.717) is 41.2 Å². The van der Waals surface area contributed by atoms with E-state index in [1.807, 2.05) is 7.05 Å². The molecule has 2 fully saturated rings. The number of carbonyl (C=O) groups excluding carboxylic acids is 2. The van der Waals surface area contributed by atoms with E-state index >= 15 is 0 Å². The van der Waals surface area contributed by atoms with Crippen molar-refractivity contribution in [2.45, 2.75) is 77.7 Å². The van der Waals surface area contributed by atoms with Gasteiger partial charge in [-0.3, -0.25) is 4.79 Å². The number of alkyl halides is 2. The highest BCUT2D eigenvalue weighted by atomic mass is 19.3. The summed E-state index contributed by atoms with van der Waals surface area (Å²) in [5.41, 5.74) is 6.40. The Morgan fingerprint density at radius 3 is 2.53 bits per heavy atom. The molecular weight excluding hydrogens is 588 g/mol. The molecule has 0 bridgehead atoms. The first kappa shape index (κ1) is 32.0. The number of nitrogens with zero attached hydrogens (tertiary/aromatic N) is 3. The number of aromatic nitrogens is 2. The van der Waals surface area contributed by atoms with Crippen LogP contribution in [-0.2, 0) is 11.3 Å². The summed E-state index contributed by atoms with van der Waals surface area (Å²) in [6.45, 7) is 1.28. The third kappa shape index (κ3) is 8.40. The van der Waals surface area contributed by atoms with Crippen LogP contribution in [0.4, 0.5) is 19.4 Å². The van der Waals surface area contributed by atoms with Gasteiger partial charge in [0.1, 0.15) is 17.2 Å². The van der Waals surface area contributed by atoms with Crippen molar-refractivity contribution in [1.29, 1.82) is 0 Å². The summed E-state index contributed by atoms with van der Waals surface area (Å²) in [7, 11) is 1.82. The maximum atomic E-state index is 13.2. The number of hydrogen-bond donors (Lipinski definition) is 2. The van der Waals surface area contributed by atoms with Crippen molar-refractivity contribution in [1.82, 2.24) is 14.9 Å².